The standard InChI is InChI=1S/C18H21F9O2/c1-13(2,3)29-12-8-6-11(7-9-12)14(4,28-5)10-15(19,20)16(21,22)17(23,24)18(25,26)27/h6-9H,10H2,1-5H3. The highest BCUT2D eigenvalue weighted by molar-refractivity contribution is 5.31. The Morgan fingerprint density at radius 1 is 0.724 bits per heavy atom. The maximum atomic E-state index is 14.1. The number of hydrogen-bond acceptors (Lipinski definition) is 2. The second-order valence-corrected chi connectivity index (χ2v) is 7.70. The Labute approximate surface area is 162 Å². The largest absolute Gasteiger partial charge is 0.488 e. The fourth-order valence-electron chi connectivity index (χ4n) is 2.46. The zero-order valence-electron chi connectivity index (χ0n) is 16.2. The van der Waals surface area contributed by atoms with Crippen molar-refractivity contribution in [2.45, 2.75) is 69.3 Å². The normalized spacial score (nSPS) is 16.5. The molecule has 0 amide bonds. The zero-order chi connectivity index (χ0) is 23.1. The molecule has 0 aliphatic heterocycles. The van der Waals surface area contributed by atoms with Gasteiger partial charge < -0.3 is 9.47 Å². The van der Waals surface area contributed by atoms with Gasteiger partial charge in [0.05, 0.1) is 12.0 Å². The number of benzene rings is 1. The molecule has 0 aromatic heterocycles. The summed E-state index contributed by atoms with van der Waals surface area (Å²) in [6.07, 6.45) is -9.00. The third-order valence-electron chi connectivity index (χ3n) is 4.11. The molecular formula is C18H21F9O2. The van der Waals surface area contributed by atoms with E-state index in [0.717, 1.165) is 14.0 Å². The molecule has 0 heterocycles. The number of ether oxygens (including phenoxy) is 2. The quantitative estimate of drug-likeness (QED) is 0.446. The molecule has 11 heteroatoms. The van der Waals surface area contributed by atoms with E-state index in [2.05, 4.69) is 0 Å². The van der Waals surface area contributed by atoms with Crippen LogP contribution in [-0.2, 0) is 10.3 Å². The van der Waals surface area contributed by atoms with E-state index in [9.17, 15) is 39.5 Å². The molecule has 1 aromatic carbocycles. The van der Waals surface area contributed by atoms with Gasteiger partial charge in [-0.05, 0) is 45.4 Å². The number of alkyl halides is 9. The monoisotopic (exact) mass is 440 g/mol. The first-order chi connectivity index (χ1) is 12.7. The summed E-state index contributed by atoms with van der Waals surface area (Å²) in [6.45, 7) is 6.05. The van der Waals surface area contributed by atoms with Crippen LogP contribution in [0.25, 0.3) is 0 Å². The highest BCUT2D eigenvalue weighted by atomic mass is 19.4. The molecular weight excluding hydrogens is 419 g/mol. The van der Waals surface area contributed by atoms with Crippen molar-refractivity contribution in [3.63, 3.8) is 0 Å². The molecule has 0 aliphatic carbocycles. The lowest BCUT2D eigenvalue weighted by atomic mass is 9.85. The van der Waals surface area contributed by atoms with Crippen LogP contribution >= 0.6 is 0 Å². The fraction of sp³-hybridized carbons (Fsp3) is 0.667. The first kappa shape index (κ1) is 25.4. The number of hydrogen-bond donors (Lipinski definition) is 0. The van der Waals surface area contributed by atoms with E-state index in [0.29, 0.717) is 5.75 Å². The van der Waals surface area contributed by atoms with Gasteiger partial charge in [-0.1, -0.05) is 12.1 Å². The van der Waals surface area contributed by atoms with Gasteiger partial charge in [0.25, 0.3) is 0 Å². The van der Waals surface area contributed by atoms with Crippen molar-refractivity contribution < 1.29 is 49.0 Å². The molecule has 0 aliphatic rings. The van der Waals surface area contributed by atoms with E-state index in [1.807, 2.05) is 0 Å². The van der Waals surface area contributed by atoms with E-state index in [4.69, 9.17) is 9.47 Å². The van der Waals surface area contributed by atoms with E-state index in [1.54, 1.807) is 20.8 Å². The van der Waals surface area contributed by atoms with Gasteiger partial charge in [0, 0.05) is 7.11 Å². The van der Waals surface area contributed by atoms with Crippen LogP contribution in [0.5, 0.6) is 5.75 Å². The Morgan fingerprint density at radius 3 is 1.52 bits per heavy atom. The minimum Gasteiger partial charge on any atom is -0.488 e. The molecule has 1 unspecified atom stereocenters. The molecule has 0 radical (unpaired) electrons. The van der Waals surface area contributed by atoms with Crippen molar-refractivity contribution in [3.8, 4) is 5.75 Å². The van der Waals surface area contributed by atoms with Crippen LogP contribution in [0, 0.1) is 0 Å². The summed E-state index contributed by atoms with van der Waals surface area (Å²) in [4.78, 5) is 0. The van der Waals surface area contributed by atoms with Crippen molar-refractivity contribution >= 4 is 0 Å². The van der Waals surface area contributed by atoms with Crippen LogP contribution in [0.2, 0.25) is 0 Å². The van der Waals surface area contributed by atoms with E-state index >= 15 is 0 Å². The lowest BCUT2D eigenvalue weighted by Crippen LogP contribution is -2.62. The summed E-state index contributed by atoms with van der Waals surface area (Å²) >= 11 is 0. The molecule has 0 saturated carbocycles. The summed E-state index contributed by atoms with van der Waals surface area (Å²) in [5.74, 6) is -19.1. The smallest absolute Gasteiger partial charge is 0.460 e. The van der Waals surface area contributed by atoms with Crippen molar-refractivity contribution in [3.05, 3.63) is 29.8 Å². The zero-order valence-corrected chi connectivity index (χ0v) is 16.2. The molecule has 1 rings (SSSR count). The molecule has 0 N–H and O–H groups in total. The third kappa shape index (κ3) is 5.10. The van der Waals surface area contributed by atoms with E-state index < -0.39 is 41.6 Å². The summed E-state index contributed by atoms with van der Waals surface area (Å²) in [7, 11) is 0.843. The summed E-state index contributed by atoms with van der Waals surface area (Å²) in [5, 5.41) is 0. The van der Waals surface area contributed by atoms with Crippen molar-refractivity contribution in [2.24, 2.45) is 0 Å². The molecule has 1 atom stereocenters. The third-order valence-corrected chi connectivity index (χ3v) is 4.11. The fourth-order valence-corrected chi connectivity index (χ4v) is 2.46. The van der Waals surface area contributed by atoms with Gasteiger partial charge in [0.2, 0.25) is 0 Å². The van der Waals surface area contributed by atoms with Crippen molar-refractivity contribution in [1.29, 1.82) is 0 Å². The molecule has 1 aromatic rings. The van der Waals surface area contributed by atoms with E-state index in [-0.39, 0.29) is 5.56 Å². The lowest BCUT2D eigenvalue weighted by Gasteiger charge is -2.38. The van der Waals surface area contributed by atoms with Gasteiger partial charge in [-0.15, -0.1) is 0 Å². The number of methoxy groups -OCH3 is 1. The SMILES string of the molecule is COC(C)(CC(F)(F)C(F)(F)C(F)(F)C(F)(F)F)c1ccc(OC(C)(C)C)cc1. The highest BCUT2D eigenvalue weighted by Crippen LogP contribution is 2.56. The molecule has 0 bridgehead atoms. The topological polar surface area (TPSA) is 18.5 Å². The molecule has 168 valence electrons. The summed E-state index contributed by atoms with van der Waals surface area (Å²) < 4.78 is 129. The summed E-state index contributed by atoms with van der Waals surface area (Å²) in [6, 6.07) is 4.94. The minimum absolute atomic E-state index is 0.146. The second kappa shape index (κ2) is 7.55. The van der Waals surface area contributed by atoms with Gasteiger partial charge in [-0.25, -0.2) is 0 Å². The average molecular weight is 440 g/mol. The Bertz CT molecular complexity index is 691. The number of rotatable bonds is 7. The first-order valence-electron chi connectivity index (χ1n) is 8.25. The Kier molecular flexibility index (Phi) is 6.61. The summed E-state index contributed by atoms with van der Waals surface area (Å²) in [5.41, 5.74) is -3.05. The van der Waals surface area contributed by atoms with Crippen LogP contribution in [0.3, 0.4) is 0 Å². The van der Waals surface area contributed by atoms with Gasteiger partial charge in [-0.2, -0.15) is 39.5 Å². The Hall–Kier alpha value is -1.65. The Balaban J connectivity index is 3.26. The van der Waals surface area contributed by atoms with Gasteiger partial charge in [0.1, 0.15) is 11.4 Å². The minimum atomic E-state index is -6.94. The second-order valence-electron chi connectivity index (χ2n) is 7.70. The first-order valence-corrected chi connectivity index (χ1v) is 8.25. The predicted molar refractivity (Wildman–Crippen MR) is 86.7 cm³/mol. The molecule has 29 heavy (non-hydrogen) atoms. The molecule has 0 saturated heterocycles. The maximum Gasteiger partial charge on any atom is 0.460 e. The average Bonchev–Trinajstić information content (AvgIpc) is 2.52. The Morgan fingerprint density at radius 2 is 1.17 bits per heavy atom. The van der Waals surface area contributed by atoms with E-state index in [1.165, 1.54) is 24.3 Å². The molecule has 0 spiro atoms. The van der Waals surface area contributed by atoms with Crippen LogP contribution in [0.1, 0.15) is 39.7 Å². The van der Waals surface area contributed by atoms with Gasteiger partial charge in [0.15, 0.2) is 0 Å². The lowest BCUT2D eigenvalue weighted by molar-refractivity contribution is -0.400. The number of halogens is 9. The molecule has 0 fully saturated rings. The van der Waals surface area contributed by atoms with Gasteiger partial charge >= 0.3 is 23.9 Å². The maximum absolute atomic E-state index is 14.1. The van der Waals surface area contributed by atoms with Crippen LogP contribution in [0.4, 0.5) is 39.5 Å². The van der Waals surface area contributed by atoms with Crippen LogP contribution < -0.4 is 4.74 Å². The van der Waals surface area contributed by atoms with Crippen LogP contribution in [0.15, 0.2) is 24.3 Å². The van der Waals surface area contributed by atoms with Crippen LogP contribution in [-0.4, -0.2) is 36.7 Å². The molecule has 2 nitrogen and oxygen atoms in total. The van der Waals surface area contributed by atoms with Crippen molar-refractivity contribution in [2.75, 3.05) is 7.11 Å². The highest BCUT2D eigenvalue weighted by Gasteiger charge is 2.82. The predicted octanol–water partition coefficient (Wildman–Crippen LogP) is 6.58. The van der Waals surface area contributed by atoms with Crippen molar-refractivity contribution in [1.82, 2.24) is 0 Å². The van der Waals surface area contributed by atoms with Gasteiger partial charge in [-0.3, -0.25) is 0 Å².